The molecule has 1 aliphatic carbocycles. The van der Waals surface area contributed by atoms with Crippen LogP contribution in [0.3, 0.4) is 0 Å². The minimum atomic E-state index is -0.548. The summed E-state index contributed by atoms with van der Waals surface area (Å²) in [4.78, 5) is 25.7. The van der Waals surface area contributed by atoms with E-state index in [1.807, 2.05) is 0 Å². The highest BCUT2D eigenvalue weighted by Crippen LogP contribution is 2.51. The Morgan fingerprint density at radius 1 is 1.21 bits per heavy atom. The third-order valence-corrected chi connectivity index (χ3v) is 3.79. The molecule has 98 valence electrons. The summed E-state index contributed by atoms with van der Waals surface area (Å²) in [5.41, 5.74) is 0.735. The molecule has 5 nitrogen and oxygen atoms in total. The summed E-state index contributed by atoms with van der Waals surface area (Å²) in [5, 5.41) is 0. The first-order valence-electron chi connectivity index (χ1n) is 6.28. The highest BCUT2D eigenvalue weighted by atomic mass is 16.6. The van der Waals surface area contributed by atoms with E-state index in [4.69, 9.17) is 9.47 Å². The van der Waals surface area contributed by atoms with Gasteiger partial charge in [-0.3, -0.25) is 4.79 Å². The van der Waals surface area contributed by atoms with Crippen molar-refractivity contribution in [1.82, 2.24) is 0 Å². The molecule has 3 rings (SSSR count). The van der Waals surface area contributed by atoms with E-state index in [-0.39, 0.29) is 0 Å². The number of carbonyl (C=O) groups is 1. The second-order valence-electron chi connectivity index (χ2n) is 4.76. The normalized spacial score (nSPS) is 18.9. The number of isocyanates is 1. The molecule has 1 aromatic carbocycles. The second kappa shape index (κ2) is 4.52. The zero-order chi connectivity index (χ0) is 13.3. The molecular weight excluding hydrogens is 246 g/mol. The molecule has 0 atom stereocenters. The van der Waals surface area contributed by atoms with Gasteiger partial charge in [0.25, 0.3) is 0 Å². The molecule has 0 unspecified atom stereocenters. The van der Waals surface area contributed by atoms with Gasteiger partial charge in [0, 0.05) is 5.56 Å². The van der Waals surface area contributed by atoms with Gasteiger partial charge in [-0.05, 0) is 25.3 Å². The molecule has 0 bridgehead atoms. The molecule has 1 saturated carbocycles. The van der Waals surface area contributed by atoms with Crippen LogP contribution in [0.15, 0.2) is 17.1 Å². The summed E-state index contributed by atoms with van der Waals surface area (Å²) < 4.78 is 11.2. The highest BCUT2D eigenvalue weighted by molar-refractivity contribution is 5.82. The Labute approximate surface area is 110 Å². The van der Waals surface area contributed by atoms with E-state index < -0.39 is 5.54 Å². The van der Waals surface area contributed by atoms with Crippen molar-refractivity contribution in [1.29, 1.82) is 0 Å². The fraction of sp³-hybridized carbons (Fsp3) is 0.429. The molecular formula is C14H13NO4. The van der Waals surface area contributed by atoms with Crippen molar-refractivity contribution < 1.29 is 19.1 Å². The van der Waals surface area contributed by atoms with Crippen LogP contribution in [0.2, 0.25) is 0 Å². The lowest BCUT2D eigenvalue weighted by Gasteiger charge is -2.39. The standard InChI is InChI=1S/C14H13NO4/c16-8-10-2-3-11(13-12(10)18-6-7-19-13)14(15-9-17)4-1-5-14/h2-3,8H,1,4-7H2. The van der Waals surface area contributed by atoms with Gasteiger partial charge in [-0.2, -0.15) is 4.99 Å². The number of benzene rings is 1. The van der Waals surface area contributed by atoms with E-state index in [9.17, 15) is 9.59 Å². The summed E-state index contributed by atoms with van der Waals surface area (Å²) in [6, 6.07) is 3.49. The molecule has 0 radical (unpaired) electrons. The average molecular weight is 259 g/mol. The zero-order valence-electron chi connectivity index (χ0n) is 10.3. The summed E-state index contributed by atoms with van der Waals surface area (Å²) in [6.45, 7) is 0.852. The second-order valence-corrected chi connectivity index (χ2v) is 4.76. The van der Waals surface area contributed by atoms with E-state index in [0.29, 0.717) is 30.3 Å². The smallest absolute Gasteiger partial charge is 0.235 e. The molecule has 19 heavy (non-hydrogen) atoms. The minimum absolute atomic E-state index is 0.418. The van der Waals surface area contributed by atoms with Gasteiger partial charge in [-0.25, -0.2) is 4.79 Å². The number of rotatable bonds is 3. The van der Waals surface area contributed by atoms with Crippen LogP contribution in [0.5, 0.6) is 11.5 Å². The van der Waals surface area contributed by atoms with Gasteiger partial charge in [0.05, 0.1) is 5.56 Å². The van der Waals surface area contributed by atoms with Gasteiger partial charge in [-0.15, -0.1) is 0 Å². The molecule has 2 aliphatic rings. The van der Waals surface area contributed by atoms with Gasteiger partial charge in [-0.1, -0.05) is 6.07 Å². The number of hydrogen-bond acceptors (Lipinski definition) is 5. The molecule has 1 aliphatic heterocycles. The van der Waals surface area contributed by atoms with Crippen LogP contribution in [0.25, 0.3) is 0 Å². The van der Waals surface area contributed by atoms with Crippen LogP contribution in [-0.2, 0) is 10.3 Å². The van der Waals surface area contributed by atoms with Gasteiger partial charge >= 0.3 is 0 Å². The zero-order valence-corrected chi connectivity index (χ0v) is 10.3. The van der Waals surface area contributed by atoms with E-state index in [1.165, 1.54) is 0 Å². The summed E-state index contributed by atoms with van der Waals surface area (Å²) in [5.74, 6) is 1.01. The molecule has 1 aromatic rings. The predicted molar refractivity (Wildman–Crippen MR) is 66.5 cm³/mol. The Morgan fingerprint density at radius 2 is 1.95 bits per heavy atom. The van der Waals surface area contributed by atoms with Crippen molar-refractivity contribution in [2.45, 2.75) is 24.8 Å². The predicted octanol–water partition coefficient (Wildman–Crippen LogP) is 1.99. The highest BCUT2D eigenvalue weighted by Gasteiger charge is 2.42. The summed E-state index contributed by atoms with van der Waals surface area (Å²) >= 11 is 0. The van der Waals surface area contributed by atoms with Crippen LogP contribution in [-0.4, -0.2) is 25.6 Å². The number of carbonyl (C=O) groups excluding carboxylic acids is 2. The van der Waals surface area contributed by atoms with Crippen LogP contribution in [0.4, 0.5) is 0 Å². The maximum Gasteiger partial charge on any atom is 0.235 e. The maximum atomic E-state index is 11.0. The number of aliphatic imine (C=N–C) groups is 1. The number of nitrogens with zero attached hydrogens (tertiary/aromatic N) is 1. The van der Waals surface area contributed by atoms with Gasteiger partial charge in [0.1, 0.15) is 18.8 Å². The van der Waals surface area contributed by atoms with Crippen molar-refractivity contribution in [3.8, 4) is 11.5 Å². The van der Waals surface area contributed by atoms with Crippen LogP contribution >= 0.6 is 0 Å². The molecule has 5 heteroatoms. The minimum Gasteiger partial charge on any atom is -0.486 e. The number of fused-ring (bicyclic) bond motifs is 1. The average Bonchev–Trinajstić information content (AvgIpc) is 2.42. The van der Waals surface area contributed by atoms with Crippen LogP contribution < -0.4 is 9.47 Å². The first-order chi connectivity index (χ1) is 9.30. The third-order valence-electron chi connectivity index (χ3n) is 3.79. The monoisotopic (exact) mass is 259 g/mol. The fourth-order valence-corrected chi connectivity index (χ4v) is 2.66. The fourth-order valence-electron chi connectivity index (χ4n) is 2.66. The first-order valence-corrected chi connectivity index (χ1v) is 6.28. The first kappa shape index (κ1) is 11.9. The van der Waals surface area contributed by atoms with Crippen molar-refractivity contribution in [2.24, 2.45) is 4.99 Å². The van der Waals surface area contributed by atoms with Crippen LogP contribution in [0.1, 0.15) is 35.2 Å². The van der Waals surface area contributed by atoms with Gasteiger partial charge < -0.3 is 9.47 Å². The largest absolute Gasteiger partial charge is 0.486 e. The molecule has 0 spiro atoms. The Hall–Kier alpha value is -2.13. The van der Waals surface area contributed by atoms with E-state index in [0.717, 1.165) is 31.1 Å². The van der Waals surface area contributed by atoms with Crippen LogP contribution in [0, 0.1) is 0 Å². The molecule has 0 aromatic heterocycles. The number of hydrogen-bond donors (Lipinski definition) is 0. The Bertz CT molecular complexity index is 571. The summed E-state index contributed by atoms with van der Waals surface area (Å²) in [7, 11) is 0. The number of aldehydes is 1. The quantitative estimate of drug-likeness (QED) is 0.473. The summed E-state index contributed by atoms with van der Waals surface area (Å²) in [6.07, 6.45) is 4.99. The van der Waals surface area contributed by atoms with Gasteiger partial charge in [0.15, 0.2) is 17.8 Å². The van der Waals surface area contributed by atoms with Crippen molar-refractivity contribution >= 4 is 12.4 Å². The Balaban J connectivity index is 2.17. The SMILES string of the molecule is O=C=NC1(c2ccc(C=O)c3c2OCCO3)CCC1. The lowest BCUT2D eigenvalue weighted by Crippen LogP contribution is -2.33. The molecule has 1 heterocycles. The van der Waals surface area contributed by atoms with E-state index >= 15 is 0 Å². The lowest BCUT2D eigenvalue weighted by molar-refractivity contribution is 0.110. The maximum absolute atomic E-state index is 11.0. The lowest BCUT2D eigenvalue weighted by atomic mass is 9.71. The van der Waals surface area contributed by atoms with Crippen molar-refractivity contribution in [3.05, 3.63) is 23.3 Å². The van der Waals surface area contributed by atoms with Crippen molar-refractivity contribution in [2.75, 3.05) is 13.2 Å². The topological polar surface area (TPSA) is 65.0 Å². The molecule has 0 amide bonds. The molecule has 0 N–H and O–H groups in total. The Kier molecular flexibility index (Phi) is 2.84. The Morgan fingerprint density at radius 3 is 2.53 bits per heavy atom. The van der Waals surface area contributed by atoms with Gasteiger partial charge in [0.2, 0.25) is 6.08 Å². The van der Waals surface area contributed by atoms with E-state index in [1.54, 1.807) is 18.2 Å². The molecule has 1 fully saturated rings. The molecule has 0 saturated heterocycles. The number of ether oxygens (including phenoxy) is 2. The third kappa shape index (κ3) is 1.74. The van der Waals surface area contributed by atoms with Crippen molar-refractivity contribution in [3.63, 3.8) is 0 Å². The van der Waals surface area contributed by atoms with E-state index in [2.05, 4.69) is 4.99 Å².